The summed E-state index contributed by atoms with van der Waals surface area (Å²) in [6.45, 7) is 3.59. The van der Waals surface area contributed by atoms with Gasteiger partial charge >= 0.3 is 5.97 Å². The molecule has 1 aliphatic rings. The van der Waals surface area contributed by atoms with Crippen LogP contribution in [0.5, 0.6) is 0 Å². The molecule has 0 aromatic heterocycles. The molecule has 33 heavy (non-hydrogen) atoms. The van der Waals surface area contributed by atoms with Gasteiger partial charge in [-0.25, -0.2) is 0 Å². The lowest BCUT2D eigenvalue weighted by molar-refractivity contribution is -0.136. The molecule has 0 saturated heterocycles. The van der Waals surface area contributed by atoms with Crippen molar-refractivity contribution in [1.29, 1.82) is 5.26 Å². The molecule has 0 aliphatic carbocycles. The van der Waals surface area contributed by atoms with E-state index in [0.717, 1.165) is 35.6 Å². The standard InChI is InChI=1S/C27H28N4O2/c1-18(21-10-5-7-19(13-21)14-25(32)33)16-30-26(20-8-3-2-4-9-20)24-17-29-23-12-6-11-22(15-28)27(23)31-24/h2-13,18,24,26,29-31H,14,16-17H2,1H3,(H,32,33)/t18?,24-,26-/m1/s1. The Morgan fingerprint density at radius 2 is 1.88 bits per heavy atom. The van der Waals surface area contributed by atoms with E-state index in [2.05, 4.69) is 41.1 Å². The zero-order valence-electron chi connectivity index (χ0n) is 18.6. The van der Waals surface area contributed by atoms with Gasteiger partial charge in [0.05, 0.1) is 35.4 Å². The van der Waals surface area contributed by atoms with Crippen molar-refractivity contribution >= 4 is 17.3 Å². The zero-order valence-corrected chi connectivity index (χ0v) is 18.6. The van der Waals surface area contributed by atoms with Crippen LogP contribution in [0.15, 0.2) is 72.8 Å². The molecule has 0 saturated carbocycles. The summed E-state index contributed by atoms with van der Waals surface area (Å²) in [5, 5.41) is 29.4. The van der Waals surface area contributed by atoms with Gasteiger partial charge < -0.3 is 21.1 Å². The number of hydrogen-bond acceptors (Lipinski definition) is 5. The predicted octanol–water partition coefficient (Wildman–Crippen LogP) is 4.53. The molecular formula is C27H28N4O2. The van der Waals surface area contributed by atoms with Gasteiger partial charge in [-0.3, -0.25) is 4.79 Å². The molecule has 0 spiro atoms. The van der Waals surface area contributed by atoms with E-state index in [1.54, 1.807) is 0 Å². The lowest BCUT2D eigenvalue weighted by Gasteiger charge is -2.36. The van der Waals surface area contributed by atoms with Gasteiger partial charge in [0, 0.05) is 13.1 Å². The Morgan fingerprint density at radius 1 is 1.12 bits per heavy atom. The molecule has 3 atom stereocenters. The molecule has 1 heterocycles. The quantitative estimate of drug-likeness (QED) is 0.411. The first-order valence-corrected chi connectivity index (χ1v) is 11.2. The van der Waals surface area contributed by atoms with Crippen molar-refractivity contribution in [3.63, 3.8) is 0 Å². The zero-order chi connectivity index (χ0) is 23.2. The minimum absolute atomic E-state index is 0.0169. The van der Waals surface area contributed by atoms with E-state index >= 15 is 0 Å². The van der Waals surface area contributed by atoms with Crippen LogP contribution in [0, 0.1) is 11.3 Å². The van der Waals surface area contributed by atoms with Crippen LogP contribution in [-0.2, 0) is 11.2 Å². The third-order valence-corrected chi connectivity index (χ3v) is 6.11. The number of para-hydroxylation sites is 1. The predicted molar refractivity (Wildman–Crippen MR) is 130 cm³/mol. The van der Waals surface area contributed by atoms with Gasteiger partial charge in [0.1, 0.15) is 6.07 Å². The number of carbonyl (C=O) groups is 1. The molecule has 4 N–H and O–H groups in total. The molecular weight excluding hydrogens is 412 g/mol. The highest BCUT2D eigenvalue weighted by Crippen LogP contribution is 2.33. The summed E-state index contributed by atoms with van der Waals surface area (Å²) in [5.41, 5.74) is 5.50. The number of anilines is 2. The Kier molecular flexibility index (Phi) is 6.92. The Labute approximate surface area is 194 Å². The van der Waals surface area contributed by atoms with E-state index in [1.165, 1.54) is 5.56 Å². The van der Waals surface area contributed by atoms with Crippen LogP contribution in [0.3, 0.4) is 0 Å². The summed E-state index contributed by atoms with van der Waals surface area (Å²) in [4.78, 5) is 11.1. The van der Waals surface area contributed by atoms with Crippen molar-refractivity contribution in [3.05, 3.63) is 95.1 Å². The van der Waals surface area contributed by atoms with Gasteiger partial charge in [0.25, 0.3) is 0 Å². The van der Waals surface area contributed by atoms with E-state index in [-0.39, 0.29) is 24.4 Å². The molecule has 0 bridgehead atoms. The maximum Gasteiger partial charge on any atom is 0.307 e. The number of nitrogens with one attached hydrogen (secondary N) is 3. The van der Waals surface area contributed by atoms with Gasteiger partial charge in [-0.05, 0) is 34.7 Å². The second-order valence-electron chi connectivity index (χ2n) is 8.48. The highest BCUT2D eigenvalue weighted by atomic mass is 16.4. The highest BCUT2D eigenvalue weighted by Gasteiger charge is 2.28. The maximum atomic E-state index is 11.1. The number of rotatable bonds is 8. The summed E-state index contributed by atoms with van der Waals surface area (Å²) in [7, 11) is 0. The maximum absolute atomic E-state index is 11.1. The van der Waals surface area contributed by atoms with E-state index in [4.69, 9.17) is 5.11 Å². The summed E-state index contributed by atoms with van der Waals surface area (Å²) in [6, 6.07) is 26.1. The van der Waals surface area contributed by atoms with E-state index in [1.807, 2.05) is 60.7 Å². The number of nitrogens with zero attached hydrogens (tertiary/aromatic N) is 1. The fraction of sp³-hybridized carbons (Fsp3) is 0.259. The van der Waals surface area contributed by atoms with Crippen LogP contribution in [0.1, 0.15) is 41.1 Å². The fourth-order valence-electron chi connectivity index (χ4n) is 4.36. The highest BCUT2D eigenvalue weighted by molar-refractivity contribution is 5.77. The van der Waals surface area contributed by atoms with Crippen molar-refractivity contribution in [2.24, 2.45) is 0 Å². The fourth-order valence-corrected chi connectivity index (χ4v) is 4.36. The number of benzene rings is 3. The topological polar surface area (TPSA) is 97.2 Å². The molecule has 3 aromatic rings. The van der Waals surface area contributed by atoms with Crippen LogP contribution >= 0.6 is 0 Å². The molecule has 0 fully saturated rings. The normalized spacial score (nSPS) is 16.4. The number of nitriles is 1. The van der Waals surface area contributed by atoms with E-state index in [9.17, 15) is 10.1 Å². The van der Waals surface area contributed by atoms with E-state index in [0.29, 0.717) is 5.56 Å². The van der Waals surface area contributed by atoms with Gasteiger partial charge in [0.15, 0.2) is 0 Å². The number of aliphatic carboxylic acids is 1. The molecule has 0 radical (unpaired) electrons. The number of hydrogen-bond donors (Lipinski definition) is 4. The SMILES string of the molecule is CC(CN[C@H](c1ccccc1)[C@H]1CNc2cccc(C#N)c2N1)c1cccc(CC(=O)O)c1. The van der Waals surface area contributed by atoms with Gasteiger partial charge in [-0.2, -0.15) is 5.26 Å². The Hall–Kier alpha value is -3.82. The largest absolute Gasteiger partial charge is 0.481 e. The first-order valence-electron chi connectivity index (χ1n) is 11.2. The van der Waals surface area contributed by atoms with Gasteiger partial charge in [0.2, 0.25) is 0 Å². The Balaban J connectivity index is 1.53. The van der Waals surface area contributed by atoms with Crippen LogP contribution in [-0.4, -0.2) is 30.2 Å². The van der Waals surface area contributed by atoms with Crippen LogP contribution in [0.25, 0.3) is 0 Å². The first-order chi connectivity index (χ1) is 16.0. The summed E-state index contributed by atoms with van der Waals surface area (Å²) in [5.74, 6) is -0.626. The van der Waals surface area contributed by atoms with Crippen molar-refractivity contribution < 1.29 is 9.90 Å². The second kappa shape index (κ2) is 10.2. The number of fused-ring (bicyclic) bond motifs is 1. The molecule has 0 amide bonds. The average Bonchev–Trinajstić information content (AvgIpc) is 2.84. The van der Waals surface area contributed by atoms with Gasteiger partial charge in [-0.1, -0.05) is 67.6 Å². The summed E-state index contributed by atoms with van der Waals surface area (Å²) < 4.78 is 0. The minimum atomic E-state index is -0.824. The van der Waals surface area contributed by atoms with Crippen LogP contribution < -0.4 is 16.0 Å². The van der Waals surface area contributed by atoms with Crippen molar-refractivity contribution in [2.45, 2.75) is 31.3 Å². The summed E-state index contributed by atoms with van der Waals surface area (Å²) in [6.07, 6.45) is 0.0267. The monoisotopic (exact) mass is 440 g/mol. The molecule has 168 valence electrons. The van der Waals surface area contributed by atoms with E-state index < -0.39 is 5.97 Å². The lowest BCUT2D eigenvalue weighted by Crippen LogP contribution is -2.45. The molecule has 6 heteroatoms. The van der Waals surface area contributed by atoms with Crippen molar-refractivity contribution in [1.82, 2.24) is 5.32 Å². The third kappa shape index (κ3) is 5.33. The Morgan fingerprint density at radius 3 is 2.64 bits per heavy atom. The molecule has 3 aromatic carbocycles. The van der Waals surface area contributed by atoms with Crippen molar-refractivity contribution in [2.75, 3.05) is 23.7 Å². The Bertz CT molecular complexity index is 1160. The second-order valence-corrected chi connectivity index (χ2v) is 8.48. The van der Waals surface area contributed by atoms with Crippen LogP contribution in [0.2, 0.25) is 0 Å². The molecule has 6 nitrogen and oxygen atoms in total. The van der Waals surface area contributed by atoms with Crippen LogP contribution in [0.4, 0.5) is 11.4 Å². The number of carboxylic acids is 1. The number of carboxylic acid groups (broad SMARTS) is 1. The molecule has 1 aliphatic heterocycles. The lowest BCUT2D eigenvalue weighted by atomic mass is 9.94. The first kappa shape index (κ1) is 22.4. The molecule has 4 rings (SSSR count). The third-order valence-electron chi connectivity index (χ3n) is 6.11. The minimum Gasteiger partial charge on any atom is -0.481 e. The molecule has 1 unspecified atom stereocenters. The smallest absolute Gasteiger partial charge is 0.307 e. The van der Waals surface area contributed by atoms with Gasteiger partial charge in [-0.15, -0.1) is 0 Å². The summed E-state index contributed by atoms with van der Waals surface area (Å²) >= 11 is 0. The average molecular weight is 441 g/mol. The van der Waals surface area contributed by atoms with Crippen molar-refractivity contribution in [3.8, 4) is 6.07 Å².